The highest BCUT2D eigenvalue weighted by Gasteiger charge is 2.40. The molecule has 2 heteroatoms. The van der Waals surface area contributed by atoms with Crippen LogP contribution in [-0.4, -0.2) is 17.8 Å². The van der Waals surface area contributed by atoms with E-state index in [2.05, 4.69) is 27.7 Å². The van der Waals surface area contributed by atoms with Gasteiger partial charge >= 0.3 is 0 Å². The van der Waals surface area contributed by atoms with Crippen molar-refractivity contribution in [3.8, 4) is 0 Å². The van der Waals surface area contributed by atoms with Crippen molar-refractivity contribution in [1.82, 2.24) is 0 Å². The maximum absolute atomic E-state index is 10.4. The van der Waals surface area contributed by atoms with Gasteiger partial charge in [-0.1, -0.05) is 27.7 Å². The van der Waals surface area contributed by atoms with Gasteiger partial charge in [-0.3, -0.25) is 0 Å². The summed E-state index contributed by atoms with van der Waals surface area (Å²) in [5, 5.41) is 10.4. The second kappa shape index (κ2) is 6.19. The molecule has 1 aliphatic carbocycles. The highest BCUT2D eigenvalue weighted by molar-refractivity contribution is 4.92. The van der Waals surface area contributed by atoms with Gasteiger partial charge in [0.1, 0.15) is 0 Å². The molecule has 0 aromatic rings. The lowest BCUT2D eigenvalue weighted by Gasteiger charge is -2.44. The number of aliphatic hydroxyl groups is 1. The van der Waals surface area contributed by atoms with Crippen molar-refractivity contribution >= 4 is 0 Å². The van der Waals surface area contributed by atoms with Crippen LogP contribution in [0.25, 0.3) is 0 Å². The van der Waals surface area contributed by atoms with Crippen molar-refractivity contribution in [1.29, 1.82) is 0 Å². The van der Waals surface area contributed by atoms with E-state index in [0.717, 1.165) is 31.1 Å². The van der Waals surface area contributed by atoms with E-state index in [-0.39, 0.29) is 11.5 Å². The van der Waals surface area contributed by atoms with Crippen LogP contribution in [0.5, 0.6) is 0 Å². The van der Waals surface area contributed by atoms with E-state index in [9.17, 15) is 5.11 Å². The molecule has 1 fully saturated rings. The summed E-state index contributed by atoms with van der Waals surface area (Å²) in [5.41, 5.74) is 5.99. The van der Waals surface area contributed by atoms with E-state index < -0.39 is 0 Å². The van der Waals surface area contributed by atoms with Crippen LogP contribution in [0.1, 0.15) is 59.8 Å². The molecule has 17 heavy (non-hydrogen) atoms. The van der Waals surface area contributed by atoms with Crippen molar-refractivity contribution in [3.05, 3.63) is 0 Å². The van der Waals surface area contributed by atoms with Gasteiger partial charge in [-0.25, -0.2) is 0 Å². The first-order valence-electron chi connectivity index (χ1n) is 7.29. The van der Waals surface area contributed by atoms with Gasteiger partial charge in [-0.15, -0.1) is 0 Å². The Morgan fingerprint density at radius 2 is 1.71 bits per heavy atom. The molecule has 1 unspecified atom stereocenters. The topological polar surface area (TPSA) is 46.2 Å². The van der Waals surface area contributed by atoms with Gasteiger partial charge in [0.15, 0.2) is 0 Å². The number of hydrogen-bond donors (Lipinski definition) is 2. The Labute approximate surface area is 107 Å². The fraction of sp³-hybridized carbons (Fsp3) is 1.00. The molecular formula is C15H31NO. The van der Waals surface area contributed by atoms with Crippen LogP contribution in [0, 0.1) is 23.2 Å². The van der Waals surface area contributed by atoms with Crippen molar-refractivity contribution in [2.75, 3.05) is 6.54 Å². The second-order valence-electron chi connectivity index (χ2n) is 6.79. The smallest absolute Gasteiger partial charge is 0.0610 e. The summed E-state index contributed by atoms with van der Waals surface area (Å²) in [5.74, 6) is 2.16. The Kier molecular flexibility index (Phi) is 5.46. The first-order chi connectivity index (χ1) is 7.91. The minimum Gasteiger partial charge on any atom is -0.392 e. The lowest BCUT2D eigenvalue weighted by atomic mass is 9.64. The standard InChI is InChI=1S/C15H31NO/c1-11(2)9-14(17)15(10-16)7-5-13(6-8-15)12(3)4/h11-14,17H,5-10,16H2,1-4H3. The lowest BCUT2D eigenvalue weighted by Crippen LogP contribution is -2.45. The summed E-state index contributed by atoms with van der Waals surface area (Å²) in [6.45, 7) is 9.61. The molecule has 1 rings (SSSR count). The monoisotopic (exact) mass is 241 g/mol. The van der Waals surface area contributed by atoms with Crippen LogP contribution in [0.15, 0.2) is 0 Å². The Hall–Kier alpha value is -0.0800. The molecule has 0 aliphatic heterocycles. The first-order valence-corrected chi connectivity index (χ1v) is 7.29. The fourth-order valence-electron chi connectivity index (χ4n) is 3.25. The van der Waals surface area contributed by atoms with E-state index in [1.807, 2.05) is 0 Å². The van der Waals surface area contributed by atoms with Crippen LogP contribution >= 0.6 is 0 Å². The maximum Gasteiger partial charge on any atom is 0.0610 e. The SMILES string of the molecule is CC(C)CC(O)C1(CN)CCC(C(C)C)CC1. The zero-order valence-corrected chi connectivity index (χ0v) is 12.1. The molecule has 0 heterocycles. The molecule has 0 amide bonds. The van der Waals surface area contributed by atoms with Crippen LogP contribution in [0.2, 0.25) is 0 Å². The van der Waals surface area contributed by atoms with Gasteiger partial charge in [-0.2, -0.15) is 0 Å². The van der Waals surface area contributed by atoms with Crippen LogP contribution in [0.3, 0.4) is 0 Å². The highest BCUT2D eigenvalue weighted by atomic mass is 16.3. The predicted octanol–water partition coefficient (Wildman–Crippen LogP) is 3.18. The normalized spacial score (nSPS) is 32.1. The molecule has 0 radical (unpaired) electrons. The van der Waals surface area contributed by atoms with E-state index in [1.165, 1.54) is 12.8 Å². The minimum atomic E-state index is -0.208. The van der Waals surface area contributed by atoms with Crippen molar-refractivity contribution in [3.63, 3.8) is 0 Å². The molecule has 3 N–H and O–H groups in total. The van der Waals surface area contributed by atoms with Crippen LogP contribution < -0.4 is 5.73 Å². The van der Waals surface area contributed by atoms with E-state index >= 15 is 0 Å². The van der Waals surface area contributed by atoms with Crippen molar-refractivity contribution in [2.45, 2.75) is 65.9 Å². The third-order valence-corrected chi connectivity index (χ3v) is 4.78. The third-order valence-electron chi connectivity index (χ3n) is 4.78. The fourth-order valence-corrected chi connectivity index (χ4v) is 3.25. The average molecular weight is 241 g/mol. The zero-order chi connectivity index (χ0) is 13.1. The third kappa shape index (κ3) is 3.69. The van der Waals surface area contributed by atoms with Crippen molar-refractivity contribution < 1.29 is 5.11 Å². The highest BCUT2D eigenvalue weighted by Crippen LogP contribution is 2.44. The van der Waals surface area contributed by atoms with E-state index in [4.69, 9.17) is 5.73 Å². The number of rotatable bonds is 5. The largest absolute Gasteiger partial charge is 0.392 e. The Bertz CT molecular complexity index is 217. The van der Waals surface area contributed by atoms with Gasteiger partial charge in [0, 0.05) is 12.0 Å². The Balaban J connectivity index is 2.60. The molecule has 0 saturated heterocycles. The van der Waals surface area contributed by atoms with Gasteiger partial charge in [0.2, 0.25) is 0 Å². The maximum atomic E-state index is 10.4. The summed E-state index contributed by atoms with van der Waals surface area (Å²) in [4.78, 5) is 0. The second-order valence-corrected chi connectivity index (χ2v) is 6.79. The average Bonchev–Trinajstić information content (AvgIpc) is 2.28. The molecule has 1 aliphatic rings. The molecular weight excluding hydrogens is 210 g/mol. The van der Waals surface area contributed by atoms with Crippen LogP contribution in [-0.2, 0) is 0 Å². The van der Waals surface area contributed by atoms with Crippen molar-refractivity contribution in [2.24, 2.45) is 28.9 Å². The quantitative estimate of drug-likeness (QED) is 0.776. The molecule has 0 aromatic carbocycles. The Morgan fingerprint density at radius 3 is 2.06 bits per heavy atom. The summed E-state index contributed by atoms with van der Waals surface area (Å²) in [7, 11) is 0. The molecule has 0 spiro atoms. The van der Waals surface area contributed by atoms with Gasteiger partial charge < -0.3 is 10.8 Å². The minimum absolute atomic E-state index is 0.00958. The first kappa shape index (κ1) is 15.0. The summed E-state index contributed by atoms with van der Waals surface area (Å²) in [6, 6.07) is 0. The van der Waals surface area contributed by atoms with Gasteiger partial charge in [-0.05, 0) is 49.9 Å². The zero-order valence-electron chi connectivity index (χ0n) is 12.1. The van der Waals surface area contributed by atoms with Gasteiger partial charge in [0.05, 0.1) is 6.10 Å². The summed E-state index contributed by atoms with van der Waals surface area (Å²) < 4.78 is 0. The molecule has 0 bridgehead atoms. The van der Waals surface area contributed by atoms with Gasteiger partial charge in [0.25, 0.3) is 0 Å². The number of aliphatic hydroxyl groups excluding tert-OH is 1. The summed E-state index contributed by atoms with van der Waals surface area (Å²) in [6.07, 6.45) is 5.39. The van der Waals surface area contributed by atoms with E-state index in [0.29, 0.717) is 12.5 Å². The molecule has 2 nitrogen and oxygen atoms in total. The Morgan fingerprint density at radius 1 is 1.18 bits per heavy atom. The molecule has 0 aromatic heterocycles. The molecule has 1 saturated carbocycles. The molecule has 1 atom stereocenters. The molecule has 102 valence electrons. The van der Waals surface area contributed by atoms with E-state index in [1.54, 1.807) is 0 Å². The number of nitrogens with two attached hydrogens (primary N) is 1. The summed E-state index contributed by atoms with van der Waals surface area (Å²) >= 11 is 0. The lowest BCUT2D eigenvalue weighted by molar-refractivity contribution is -0.0239. The van der Waals surface area contributed by atoms with Crippen LogP contribution in [0.4, 0.5) is 0 Å². The predicted molar refractivity (Wildman–Crippen MR) is 73.7 cm³/mol. The number of hydrogen-bond acceptors (Lipinski definition) is 2.